The van der Waals surface area contributed by atoms with Crippen LogP contribution in [-0.2, 0) is 14.8 Å². The standard InChI is InChI=1S/C20H21N5O3S2/c26-20-17(8-13-25(20)14-12-22-15-6-10-21-11-7-15)24-30(27,28)19-5-4-18(29-19)16-3-1-2-9-23-16/h1-7,9-11,17,24H,8,12-14H2,(H,21,22)/t17-/m0/s1. The van der Waals surface area contributed by atoms with E-state index in [2.05, 4.69) is 20.0 Å². The molecular weight excluding hydrogens is 422 g/mol. The molecule has 0 radical (unpaired) electrons. The number of thiophene rings is 1. The molecule has 1 amide bonds. The number of hydrogen-bond donors (Lipinski definition) is 2. The molecule has 0 spiro atoms. The SMILES string of the molecule is O=C1[C@@H](NS(=O)(=O)c2ccc(-c3ccccn3)s2)CCN1CCNc1ccncc1. The van der Waals surface area contributed by atoms with Gasteiger partial charge in [-0.3, -0.25) is 14.8 Å². The van der Waals surface area contributed by atoms with Crippen LogP contribution in [0.5, 0.6) is 0 Å². The molecule has 156 valence electrons. The molecule has 1 aliphatic heterocycles. The van der Waals surface area contributed by atoms with Crippen LogP contribution >= 0.6 is 11.3 Å². The van der Waals surface area contributed by atoms with Crippen molar-refractivity contribution < 1.29 is 13.2 Å². The lowest BCUT2D eigenvalue weighted by Gasteiger charge is -2.17. The van der Waals surface area contributed by atoms with Gasteiger partial charge in [0.15, 0.2) is 0 Å². The molecular formula is C20H21N5O3S2. The van der Waals surface area contributed by atoms with Crippen molar-refractivity contribution in [3.8, 4) is 10.6 Å². The minimum Gasteiger partial charge on any atom is -0.383 e. The van der Waals surface area contributed by atoms with E-state index in [0.29, 0.717) is 31.7 Å². The Morgan fingerprint density at radius 1 is 1.10 bits per heavy atom. The van der Waals surface area contributed by atoms with Crippen LogP contribution in [0.1, 0.15) is 6.42 Å². The van der Waals surface area contributed by atoms with Crippen LogP contribution in [0.2, 0.25) is 0 Å². The van der Waals surface area contributed by atoms with Crippen LogP contribution in [0.15, 0.2) is 65.3 Å². The summed E-state index contributed by atoms with van der Waals surface area (Å²) < 4.78 is 28.3. The third-order valence-electron chi connectivity index (χ3n) is 4.75. The fraction of sp³-hybridized carbons (Fsp3) is 0.250. The van der Waals surface area contributed by atoms with Crippen LogP contribution in [-0.4, -0.2) is 54.9 Å². The maximum absolute atomic E-state index is 12.8. The van der Waals surface area contributed by atoms with Crippen molar-refractivity contribution in [3.05, 3.63) is 61.1 Å². The predicted octanol–water partition coefficient (Wildman–Crippen LogP) is 2.20. The van der Waals surface area contributed by atoms with Gasteiger partial charge in [-0.15, -0.1) is 11.3 Å². The maximum atomic E-state index is 12.8. The molecule has 0 aliphatic carbocycles. The maximum Gasteiger partial charge on any atom is 0.250 e. The first-order valence-electron chi connectivity index (χ1n) is 9.49. The van der Waals surface area contributed by atoms with Crippen molar-refractivity contribution in [3.63, 3.8) is 0 Å². The molecule has 1 aliphatic rings. The van der Waals surface area contributed by atoms with Crippen LogP contribution in [0.3, 0.4) is 0 Å². The van der Waals surface area contributed by atoms with Crippen molar-refractivity contribution in [1.82, 2.24) is 19.6 Å². The molecule has 3 aromatic rings. The number of pyridine rings is 2. The number of likely N-dealkylation sites (tertiary alicyclic amines) is 1. The number of rotatable bonds is 8. The van der Waals surface area contributed by atoms with E-state index in [4.69, 9.17) is 0 Å². The Balaban J connectivity index is 1.35. The summed E-state index contributed by atoms with van der Waals surface area (Å²) in [6.07, 6.45) is 5.50. The fourth-order valence-corrected chi connectivity index (χ4v) is 5.75. The summed E-state index contributed by atoms with van der Waals surface area (Å²) in [6, 6.07) is 11.7. The Bertz CT molecular complexity index is 1100. The first-order valence-corrected chi connectivity index (χ1v) is 11.8. The number of aromatic nitrogens is 2. The lowest BCUT2D eigenvalue weighted by atomic mass is 10.3. The average molecular weight is 444 g/mol. The highest BCUT2D eigenvalue weighted by Gasteiger charge is 2.35. The molecule has 30 heavy (non-hydrogen) atoms. The van der Waals surface area contributed by atoms with Gasteiger partial charge in [-0.1, -0.05) is 6.07 Å². The molecule has 1 fully saturated rings. The Morgan fingerprint density at radius 3 is 2.70 bits per heavy atom. The van der Waals surface area contributed by atoms with Crippen LogP contribution < -0.4 is 10.0 Å². The summed E-state index contributed by atoms with van der Waals surface area (Å²) in [5.41, 5.74) is 1.64. The Hall–Kier alpha value is -2.82. The average Bonchev–Trinajstić information content (AvgIpc) is 3.39. The summed E-state index contributed by atoms with van der Waals surface area (Å²) in [5.74, 6) is -0.198. The molecule has 0 saturated carbocycles. The summed E-state index contributed by atoms with van der Waals surface area (Å²) in [7, 11) is -3.78. The topological polar surface area (TPSA) is 104 Å². The Kier molecular flexibility index (Phi) is 6.07. The largest absolute Gasteiger partial charge is 0.383 e. The third-order valence-corrected chi connectivity index (χ3v) is 7.82. The molecule has 8 nitrogen and oxygen atoms in total. The quantitative estimate of drug-likeness (QED) is 0.553. The molecule has 10 heteroatoms. The van der Waals surface area contributed by atoms with Crippen LogP contribution in [0.25, 0.3) is 10.6 Å². The van der Waals surface area contributed by atoms with Gasteiger partial charge in [0, 0.05) is 43.9 Å². The van der Waals surface area contributed by atoms with E-state index in [-0.39, 0.29) is 10.1 Å². The van der Waals surface area contributed by atoms with E-state index in [1.807, 2.05) is 24.3 Å². The molecule has 1 atom stereocenters. The van der Waals surface area contributed by atoms with Gasteiger partial charge in [0.25, 0.3) is 10.0 Å². The number of nitrogens with zero attached hydrogens (tertiary/aromatic N) is 3. The Morgan fingerprint density at radius 2 is 1.93 bits per heavy atom. The van der Waals surface area contributed by atoms with E-state index < -0.39 is 16.1 Å². The monoisotopic (exact) mass is 443 g/mol. The van der Waals surface area contributed by atoms with Crippen LogP contribution in [0, 0.1) is 0 Å². The lowest BCUT2D eigenvalue weighted by Crippen LogP contribution is -2.42. The summed E-state index contributed by atoms with van der Waals surface area (Å²) in [5, 5.41) is 3.22. The highest BCUT2D eigenvalue weighted by molar-refractivity contribution is 7.91. The number of carbonyl (C=O) groups is 1. The zero-order valence-corrected chi connectivity index (χ0v) is 17.7. The number of amides is 1. The zero-order valence-electron chi connectivity index (χ0n) is 16.1. The molecule has 1 saturated heterocycles. The zero-order chi connectivity index (χ0) is 21.0. The van der Waals surface area contributed by atoms with Gasteiger partial charge in [-0.2, -0.15) is 4.72 Å². The fourth-order valence-electron chi connectivity index (χ4n) is 3.23. The molecule has 3 aromatic heterocycles. The van der Waals surface area contributed by atoms with E-state index in [9.17, 15) is 13.2 Å². The van der Waals surface area contributed by atoms with Gasteiger partial charge in [0.05, 0.1) is 10.6 Å². The summed E-state index contributed by atoms with van der Waals surface area (Å²) >= 11 is 1.14. The molecule has 4 rings (SSSR count). The van der Waals surface area contributed by atoms with Gasteiger partial charge in [0.1, 0.15) is 10.3 Å². The van der Waals surface area contributed by atoms with Gasteiger partial charge < -0.3 is 10.2 Å². The van der Waals surface area contributed by atoms with Crippen molar-refractivity contribution in [1.29, 1.82) is 0 Å². The van der Waals surface area contributed by atoms with Gasteiger partial charge in [0.2, 0.25) is 5.91 Å². The second-order valence-corrected chi connectivity index (χ2v) is 9.81. The first kappa shape index (κ1) is 20.5. The normalized spacial score (nSPS) is 16.7. The molecule has 4 heterocycles. The van der Waals surface area contributed by atoms with Crippen molar-refractivity contribution in [2.75, 3.05) is 25.0 Å². The molecule has 0 bridgehead atoms. The predicted molar refractivity (Wildman–Crippen MR) is 116 cm³/mol. The second-order valence-electron chi connectivity index (χ2n) is 6.78. The van der Waals surface area contributed by atoms with Gasteiger partial charge in [-0.25, -0.2) is 8.42 Å². The minimum atomic E-state index is -3.78. The van der Waals surface area contributed by atoms with Gasteiger partial charge in [-0.05, 0) is 42.8 Å². The number of nitrogens with one attached hydrogen (secondary N) is 2. The van der Waals surface area contributed by atoms with Crippen molar-refractivity contribution >= 4 is 33.0 Å². The first-order chi connectivity index (χ1) is 14.5. The highest BCUT2D eigenvalue weighted by Crippen LogP contribution is 2.29. The van der Waals surface area contributed by atoms with Crippen LogP contribution in [0.4, 0.5) is 5.69 Å². The van der Waals surface area contributed by atoms with E-state index >= 15 is 0 Å². The number of anilines is 1. The third kappa shape index (κ3) is 4.66. The van der Waals surface area contributed by atoms with Crippen molar-refractivity contribution in [2.24, 2.45) is 0 Å². The molecule has 2 N–H and O–H groups in total. The number of sulfonamides is 1. The lowest BCUT2D eigenvalue weighted by molar-refractivity contribution is -0.128. The molecule has 0 aromatic carbocycles. The van der Waals surface area contributed by atoms with Gasteiger partial charge >= 0.3 is 0 Å². The van der Waals surface area contributed by atoms with E-state index in [1.165, 1.54) is 0 Å². The Labute approximate surface area is 179 Å². The minimum absolute atomic E-state index is 0.175. The number of hydrogen-bond acceptors (Lipinski definition) is 7. The van der Waals surface area contributed by atoms with Crippen molar-refractivity contribution in [2.45, 2.75) is 16.7 Å². The molecule has 0 unspecified atom stereocenters. The second kappa shape index (κ2) is 8.90. The smallest absolute Gasteiger partial charge is 0.250 e. The highest BCUT2D eigenvalue weighted by atomic mass is 32.2. The van der Waals surface area contributed by atoms with E-state index in [1.54, 1.807) is 41.7 Å². The summed E-state index contributed by atoms with van der Waals surface area (Å²) in [4.78, 5) is 23.3. The summed E-state index contributed by atoms with van der Waals surface area (Å²) in [6.45, 7) is 1.60. The number of carbonyl (C=O) groups excluding carboxylic acids is 1. The van der Waals surface area contributed by atoms with E-state index in [0.717, 1.165) is 21.9 Å².